The van der Waals surface area contributed by atoms with Crippen molar-refractivity contribution < 1.29 is 0 Å². The van der Waals surface area contributed by atoms with Crippen molar-refractivity contribution in [2.45, 2.75) is 45.7 Å². The van der Waals surface area contributed by atoms with Gasteiger partial charge in [0, 0.05) is 18.2 Å². The van der Waals surface area contributed by atoms with Crippen LogP contribution in [0, 0.1) is 6.92 Å². The highest BCUT2D eigenvalue weighted by molar-refractivity contribution is 5.48. The Bertz CT molecular complexity index is 322. The van der Waals surface area contributed by atoms with Crippen molar-refractivity contribution in [3.05, 3.63) is 11.9 Å². The van der Waals surface area contributed by atoms with E-state index >= 15 is 0 Å². The molecule has 1 aliphatic rings. The molecule has 4 heteroatoms. The van der Waals surface area contributed by atoms with Gasteiger partial charge in [0.25, 0.3) is 0 Å². The molecule has 0 radical (unpaired) electrons. The van der Waals surface area contributed by atoms with E-state index in [1.54, 1.807) is 0 Å². The molecule has 15 heavy (non-hydrogen) atoms. The second kappa shape index (κ2) is 4.04. The molecule has 0 saturated heterocycles. The number of hydrogen-bond donors (Lipinski definition) is 2. The fraction of sp³-hybridized carbons (Fsp3) is 0.636. The first kappa shape index (κ1) is 10.2. The zero-order valence-corrected chi connectivity index (χ0v) is 9.54. The van der Waals surface area contributed by atoms with Crippen LogP contribution in [0.5, 0.6) is 0 Å². The lowest BCUT2D eigenvalue weighted by Crippen LogP contribution is -2.13. The van der Waals surface area contributed by atoms with Crippen molar-refractivity contribution in [1.29, 1.82) is 0 Å². The van der Waals surface area contributed by atoms with E-state index in [-0.39, 0.29) is 0 Å². The Morgan fingerprint density at radius 1 is 1.27 bits per heavy atom. The monoisotopic (exact) mass is 206 g/mol. The number of anilines is 2. The summed E-state index contributed by atoms with van der Waals surface area (Å²) in [6.07, 6.45) is 2.52. The lowest BCUT2D eigenvalue weighted by molar-refractivity contribution is 0.880. The third-order valence-corrected chi connectivity index (χ3v) is 2.20. The molecule has 4 nitrogen and oxygen atoms in total. The summed E-state index contributed by atoms with van der Waals surface area (Å²) < 4.78 is 0. The van der Waals surface area contributed by atoms with Gasteiger partial charge in [0.2, 0.25) is 0 Å². The summed E-state index contributed by atoms with van der Waals surface area (Å²) in [7, 11) is 0. The van der Waals surface area contributed by atoms with E-state index in [2.05, 4.69) is 34.4 Å². The summed E-state index contributed by atoms with van der Waals surface area (Å²) in [6.45, 7) is 6.13. The first-order chi connectivity index (χ1) is 7.13. The molecule has 1 aromatic rings. The Balaban J connectivity index is 2.11. The first-order valence-corrected chi connectivity index (χ1v) is 5.52. The molecule has 1 fully saturated rings. The SMILES string of the molecule is Cc1nc(NC(C)C)cc(NC2CC2)n1. The maximum absolute atomic E-state index is 4.36. The van der Waals surface area contributed by atoms with E-state index in [4.69, 9.17) is 0 Å². The average molecular weight is 206 g/mol. The summed E-state index contributed by atoms with van der Waals surface area (Å²) in [4.78, 5) is 8.70. The van der Waals surface area contributed by atoms with Crippen molar-refractivity contribution in [1.82, 2.24) is 9.97 Å². The molecule has 0 atom stereocenters. The molecule has 1 saturated carbocycles. The van der Waals surface area contributed by atoms with E-state index < -0.39 is 0 Å². The minimum absolute atomic E-state index is 0.396. The predicted octanol–water partition coefficient (Wildman–Crippen LogP) is 2.18. The summed E-state index contributed by atoms with van der Waals surface area (Å²) in [5, 5.41) is 6.67. The van der Waals surface area contributed by atoms with Crippen LogP contribution in [0.4, 0.5) is 11.6 Å². The first-order valence-electron chi connectivity index (χ1n) is 5.52. The summed E-state index contributed by atoms with van der Waals surface area (Å²) >= 11 is 0. The highest BCUT2D eigenvalue weighted by Crippen LogP contribution is 2.24. The normalized spacial score (nSPS) is 15.5. The van der Waals surface area contributed by atoms with Crippen LogP contribution in [0.1, 0.15) is 32.5 Å². The number of aryl methyl sites for hydroxylation is 1. The van der Waals surface area contributed by atoms with E-state index in [9.17, 15) is 0 Å². The maximum atomic E-state index is 4.36. The van der Waals surface area contributed by atoms with E-state index in [1.165, 1.54) is 12.8 Å². The van der Waals surface area contributed by atoms with Gasteiger partial charge in [0.1, 0.15) is 17.5 Å². The number of rotatable bonds is 4. The molecule has 0 amide bonds. The fourth-order valence-electron chi connectivity index (χ4n) is 1.45. The molecule has 1 heterocycles. The quantitative estimate of drug-likeness (QED) is 0.792. The van der Waals surface area contributed by atoms with Crippen LogP contribution in [0.2, 0.25) is 0 Å². The second-order valence-corrected chi connectivity index (χ2v) is 4.40. The Hall–Kier alpha value is -1.32. The van der Waals surface area contributed by atoms with E-state index in [0.29, 0.717) is 12.1 Å². The van der Waals surface area contributed by atoms with Crippen molar-refractivity contribution in [2.24, 2.45) is 0 Å². The van der Waals surface area contributed by atoms with Gasteiger partial charge >= 0.3 is 0 Å². The molecule has 0 bridgehead atoms. The highest BCUT2D eigenvalue weighted by Gasteiger charge is 2.21. The predicted molar refractivity (Wildman–Crippen MR) is 62.2 cm³/mol. The smallest absolute Gasteiger partial charge is 0.132 e. The second-order valence-electron chi connectivity index (χ2n) is 4.40. The number of nitrogens with zero attached hydrogens (tertiary/aromatic N) is 2. The van der Waals surface area contributed by atoms with Crippen molar-refractivity contribution >= 4 is 11.6 Å². The average Bonchev–Trinajstić information content (AvgIpc) is 2.85. The van der Waals surface area contributed by atoms with Crippen molar-refractivity contribution in [2.75, 3.05) is 10.6 Å². The van der Waals surface area contributed by atoms with Gasteiger partial charge in [-0.25, -0.2) is 9.97 Å². The molecular weight excluding hydrogens is 188 g/mol. The maximum Gasteiger partial charge on any atom is 0.132 e. The summed E-state index contributed by atoms with van der Waals surface area (Å²) in [6, 6.07) is 3.00. The zero-order chi connectivity index (χ0) is 10.8. The molecule has 82 valence electrons. The number of hydrogen-bond acceptors (Lipinski definition) is 4. The Morgan fingerprint density at radius 2 is 1.93 bits per heavy atom. The number of nitrogens with one attached hydrogen (secondary N) is 2. The molecule has 1 aromatic heterocycles. The van der Waals surface area contributed by atoms with Crippen LogP contribution in [0.25, 0.3) is 0 Å². The largest absolute Gasteiger partial charge is 0.368 e. The third kappa shape index (κ3) is 3.08. The topological polar surface area (TPSA) is 49.8 Å². The summed E-state index contributed by atoms with van der Waals surface area (Å²) in [5.74, 6) is 2.65. The molecular formula is C11H18N4. The standard InChI is InChI=1S/C11H18N4/c1-7(2)12-10-6-11(14-8(3)13-10)15-9-4-5-9/h6-7,9H,4-5H2,1-3H3,(H2,12,13,14,15). The Labute approximate surface area is 90.5 Å². The van der Waals surface area contributed by atoms with Gasteiger partial charge in [0.05, 0.1) is 0 Å². The molecule has 0 aromatic carbocycles. The van der Waals surface area contributed by atoms with Gasteiger partial charge in [-0.2, -0.15) is 0 Å². The molecule has 2 rings (SSSR count). The van der Waals surface area contributed by atoms with Crippen LogP contribution in [-0.2, 0) is 0 Å². The van der Waals surface area contributed by atoms with Crippen molar-refractivity contribution in [3.63, 3.8) is 0 Å². The fourth-order valence-corrected chi connectivity index (χ4v) is 1.45. The molecule has 1 aliphatic carbocycles. The van der Waals surface area contributed by atoms with Gasteiger partial charge in [0.15, 0.2) is 0 Å². The minimum atomic E-state index is 0.396. The highest BCUT2D eigenvalue weighted by atomic mass is 15.1. The zero-order valence-electron chi connectivity index (χ0n) is 9.54. The van der Waals surface area contributed by atoms with Gasteiger partial charge in [-0.1, -0.05) is 0 Å². The summed E-state index contributed by atoms with van der Waals surface area (Å²) in [5.41, 5.74) is 0. The Morgan fingerprint density at radius 3 is 2.53 bits per heavy atom. The third-order valence-electron chi connectivity index (χ3n) is 2.20. The van der Waals surface area contributed by atoms with Crippen LogP contribution in [0.3, 0.4) is 0 Å². The lowest BCUT2D eigenvalue weighted by atomic mass is 10.4. The van der Waals surface area contributed by atoms with Crippen LogP contribution in [0.15, 0.2) is 6.07 Å². The lowest BCUT2D eigenvalue weighted by Gasteiger charge is -2.11. The van der Waals surface area contributed by atoms with Crippen LogP contribution >= 0.6 is 0 Å². The molecule has 0 spiro atoms. The van der Waals surface area contributed by atoms with Gasteiger partial charge < -0.3 is 10.6 Å². The van der Waals surface area contributed by atoms with Crippen LogP contribution < -0.4 is 10.6 Å². The molecule has 0 unspecified atom stereocenters. The molecule has 0 aliphatic heterocycles. The van der Waals surface area contributed by atoms with E-state index in [1.807, 2.05) is 13.0 Å². The van der Waals surface area contributed by atoms with E-state index in [0.717, 1.165) is 17.5 Å². The van der Waals surface area contributed by atoms with Gasteiger partial charge in [-0.15, -0.1) is 0 Å². The van der Waals surface area contributed by atoms with Gasteiger partial charge in [-0.05, 0) is 33.6 Å². The van der Waals surface area contributed by atoms with Crippen molar-refractivity contribution in [3.8, 4) is 0 Å². The Kier molecular flexibility index (Phi) is 2.75. The minimum Gasteiger partial charge on any atom is -0.368 e. The van der Waals surface area contributed by atoms with Crippen LogP contribution in [-0.4, -0.2) is 22.1 Å². The van der Waals surface area contributed by atoms with Gasteiger partial charge in [-0.3, -0.25) is 0 Å². The number of aromatic nitrogens is 2. The molecule has 2 N–H and O–H groups in total.